The number of thiazole rings is 1. The van der Waals surface area contributed by atoms with E-state index in [0.29, 0.717) is 25.3 Å². The van der Waals surface area contributed by atoms with Gasteiger partial charge in [-0.2, -0.15) is 0 Å². The van der Waals surface area contributed by atoms with Gasteiger partial charge >= 0.3 is 0 Å². The quantitative estimate of drug-likeness (QED) is 0.749. The topological polar surface area (TPSA) is 62.7 Å². The molecule has 0 radical (unpaired) electrons. The Kier molecular flexibility index (Phi) is 5.60. The largest absolute Gasteiger partial charge is 0.497 e. The fraction of sp³-hybridized carbons (Fsp3) is 0.353. The lowest BCUT2D eigenvalue weighted by molar-refractivity contribution is -0.135. The van der Waals surface area contributed by atoms with Gasteiger partial charge in [-0.05, 0) is 24.0 Å². The van der Waals surface area contributed by atoms with E-state index in [2.05, 4.69) is 4.98 Å². The van der Waals surface area contributed by atoms with Crippen molar-refractivity contribution in [2.24, 2.45) is 0 Å². The van der Waals surface area contributed by atoms with Crippen LogP contribution in [0.3, 0.4) is 0 Å². The van der Waals surface area contributed by atoms with Crippen LogP contribution in [0.25, 0.3) is 0 Å². The Morgan fingerprint density at radius 3 is 2.68 bits per heavy atom. The lowest BCUT2D eigenvalue weighted by Crippen LogP contribution is -2.51. The highest BCUT2D eigenvalue weighted by molar-refractivity contribution is 8.00. The third-order valence-corrected chi connectivity index (χ3v) is 5.88. The molecule has 25 heavy (non-hydrogen) atoms. The molecule has 132 valence electrons. The van der Waals surface area contributed by atoms with Crippen LogP contribution in [0.15, 0.2) is 34.0 Å². The lowest BCUT2D eigenvalue weighted by Gasteiger charge is -2.34. The number of benzene rings is 1. The fourth-order valence-corrected chi connectivity index (χ4v) is 3.85. The van der Waals surface area contributed by atoms with Crippen molar-refractivity contribution in [1.29, 1.82) is 0 Å². The van der Waals surface area contributed by atoms with Gasteiger partial charge in [-0.25, -0.2) is 4.98 Å². The Labute approximate surface area is 154 Å². The van der Waals surface area contributed by atoms with Crippen molar-refractivity contribution < 1.29 is 14.3 Å². The summed E-state index contributed by atoms with van der Waals surface area (Å²) in [7, 11) is 1.62. The number of carbonyl (C=O) groups excluding carboxylic acids is 2. The monoisotopic (exact) mass is 377 g/mol. The third kappa shape index (κ3) is 4.13. The second-order valence-corrected chi connectivity index (χ2v) is 7.50. The maximum absolute atomic E-state index is 12.5. The van der Waals surface area contributed by atoms with E-state index in [4.69, 9.17) is 4.74 Å². The molecule has 1 aliphatic rings. The Morgan fingerprint density at radius 1 is 1.32 bits per heavy atom. The van der Waals surface area contributed by atoms with E-state index in [9.17, 15) is 9.59 Å². The average Bonchev–Trinajstić information content (AvgIpc) is 3.12. The summed E-state index contributed by atoms with van der Waals surface area (Å²) >= 11 is 2.96. The van der Waals surface area contributed by atoms with Gasteiger partial charge in [-0.1, -0.05) is 23.9 Å². The predicted molar refractivity (Wildman–Crippen MR) is 98.2 cm³/mol. The maximum Gasteiger partial charge on any atom is 0.273 e. The maximum atomic E-state index is 12.5. The van der Waals surface area contributed by atoms with E-state index >= 15 is 0 Å². The number of hydrogen-bond acceptors (Lipinski definition) is 6. The summed E-state index contributed by atoms with van der Waals surface area (Å²) < 4.78 is 6.00. The van der Waals surface area contributed by atoms with Crippen LogP contribution in [0.5, 0.6) is 5.75 Å². The van der Waals surface area contributed by atoms with Gasteiger partial charge < -0.3 is 14.5 Å². The summed E-state index contributed by atoms with van der Waals surface area (Å²) in [6.07, 6.45) is 1.93. The molecule has 0 spiro atoms. The lowest BCUT2D eigenvalue weighted by atomic mass is 10.2. The van der Waals surface area contributed by atoms with Crippen LogP contribution < -0.4 is 4.74 Å². The number of methoxy groups -OCH3 is 1. The number of carbonyl (C=O) groups is 2. The molecule has 2 amide bonds. The van der Waals surface area contributed by atoms with Gasteiger partial charge in [0, 0.05) is 25.0 Å². The van der Waals surface area contributed by atoms with Crippen molar-refractivity contribution in [3.8, 4) is 5.75 Å². The second kappa shape index (κ2) is 7.88. The van der Waals surface area contributed by atoms with Gasteiger partial charge in [0.1, 0.15) is 22.3 Å². The van der Waals surface area contributed by atoms with Crippen molar-refractivity contribution in [1.82, 2.24) is 14.8 Å². The van der Waals surface area contributed by atoms with E-state index in [0.717, 1.165) is 15.7 Å². The standard InChI is InChI=1S/C17H19N3O3S2/c1-23-13-5-3-12(4-6-13)9-19-7-8-20(10-15(19)21)16(22)14-11-25-17(18-14)24-2/h3-6,11H,7-10H2,1-2H3. The molecule has 1 saturated heterocycles. The minimum atomic E-state index is -0.172. The summed E-state index contributed by atoms with van der Waals surface area (Å²) in [4.78, 5) is 32.5. The summed E-state index contributed by atoms with van der Waals surface area (Å²) in [6, 6.07) is 7.65. The fourth-order valence-electron chi connectivity index (χ4n) is 2.61. The van der Waals surface area contributed by atoms with Gasteiger partial charge in [-0.15, -0.1) is 11.3 Å². The highest BCUT2D eigenvalue weighted by atomic mass is 32.2. The van der Waals surface area contributed by atoms with Crippen molar-refractivity contribution in [2.45, 2.75) is 10.9 Å². The number of ether oxygens (including phenoxy) is 1. The van der Waals surface area contributed by atoms with Gasteiger partial charge in [0.2, 0.25) is 5.91 Å². The van der Waals surface area contributed by atoms with Gasteiger partial charge in [0.25, 0.3) is 5.91 Å². The SMILES string of the molecule is COc1ccc(CN2CCN(C(=O)c3csc(SC)n3)CC2=O)cc1. The molecule has 1 aromatic carbocycles. The third-order valence-electron chi connectivity index (χ3n) is 4.02. The van der Waals surface area contributed by atoms with Crippen LogP contribution in [0.4, 0.5) is 0 Å². The van der Waals surface area contributed by atoms with E-state index in [1.165, 1.54) is 23.1 Å². The molecule has 1 fully saturated rings. The predicted octanol–water partition coefficient (Wildman–Crippen LogP) is 2.36. The number of thioether (sulfide) groups is 1. The Balaban J connectivity index is 1.59. The highest BCUT2D eigenvalue weighted by Crippen LogP contribution is 2.21. The van der Waals surface area contributed by atoms with E-state index in [1.54, 1.807) is 22.3 Å². The zero-order valence-corrected chi connectivity index (χ0v) is 15.7. The Hall–Kier alpha value is -2.06. The molecule has 1 aliphatic heterocycles. The van der Waals surface area contributed by atoms with Crippen LogP contribution in [0, 0.1) is 0 Å². The minimum absolute atomic E-state index is 0.0456. The molecule has 0 N–H and O–H groups in total. The van der Waals surface area contributed by atoms with Crippen LogP contribution in [0.2, 0.25) is 0 Å². The average molecular weight is 377 g/mol. The summed E-state index contributed by atoms with van der Waals surface area (Å²) in [6.45, 7) is 1.68. The summed E-state index contributed by atoms with van der Waals surface area (Å²) in [5, 5.41) is 1.75. The van der Waals surface area contributed by atoms with E-state index in [1.807, 2.05) is 30.5 Å². The number of hydrogen-bond donors (Lipinski definition) is 0. The first-order valence-electron chi connectivity index (χ1n) is 7.80. The first-order valence-corrected chi connectivity index (χ1v) is 9.90. The molecule has 0 bridgehead atoms. The molecular formula is C17H19N3O3S2. The van der Waals surface area contributed by atoms with Gasteiger partial charge in [0.15, 0.2) is 0 Å². The van der Waals surface area contributed by atoms with E-state index < -0.39 is 0 Å². The van der Waals surface area contributed by atoms with Crippen molar-refractivity contribution in [3.63, 3.8) is 0 Å². The van der Waals surface area contributed by atoms with Crippen molar-refractivity contribution >= 4 is 34.9 Å². The van der Waals surface area contributed by atoms with Gasteiger partial charge in [0.05, 0.1) is 7.11 Å². The highest BCUT2D eigenvalue weighted by Gasteiger charge is 2.28. The van der Waals surface area contributed by atoms with Crippen LogP contribution >= 0.6 is 23.1 Å². The number of amides is 2. The minimum Gasteiger partial charge on any atom is -0.497 e. The first-order chi connectivity index (χ1) is 12.1. The molecule has 0 unspecified atom stereocenters. The molecule has 8 heteroatoms. The van der Waals surface area contributed by atoms with Crippen LogP contribution in [-0.4, -0.2) is 59.6 Å². The number of rotatable bonds is 5. The Bertz CT molecular complexity index is 761. The zero-order valence-electron chi connectivity index (χ0n) is 14.1. The first kappa shape index (κ1) is 17.8. The van der Waals surface area contributed by atoms with E-state index in [-0.39, 0.29) is 18.4 Å². The number of piperazine rings is 1. The smallest absolute Gasteiger partial charge is 0.273 e. The van der Waals surface area contributed by atoms with Crippen molar-refractivity contribution in [3.05, 3.63) is 40.9 Å². The molecule has 2 heterocycles. The molecule has 1 aromatic heterocycles. The summed E-state index contributed by atoms with van der Waals surface area (Å²) in [5.41, 5.74) is 1.46. The molecule has 3 rings (SSSR count). The van der Waals surface area contributed by atoms with Crippen LogP contribution in [-0.2, 0) is 11.3 Å². The molecular weight excluding hydrogens is 358 g/mol. The normalized spacial score (nSPS) is 14.7. The second-order valence-electron chi connectivity index (χ2n) is 5.59. The van der Waals surface area contributed by atoms with Crippen LogP contribution in [0.1, 0.15) is 16.1 Å². The molecule has 0 aliphatic carbocycles. The molecule has 2 aromatic rings. The molecule has 0 atom stereocenters. The Morgan fingerprint density at radius 2 is 2.08 bits per heavy atom. The number of nitrogens with zero attached hydrogens (tertiary/aromatic N) is 3. The molecule has 6 nitrogen and oxygen atoms in total. The van der Waals surface area contributed by atoms with Gasteiger partial charge in [-0.3, -0.25) is 9.59 Å². The molecule has 0 saturated carbocycles. The van der Waals surface area contributed by atoms with Crippen molar-refractivity contribution in [2.75, 3.05) is 33.0 Å². The zero-order chi connectivity index (χ0) is 17.8. The summed E-state index contributed by atoms with van der Waals surface area (Å²) in [5.74, 6) is 0.572. The number of aromatic nitrogens is 1.